The molecule has 4 nitrogen and oxygen atoms in total. The minimum Gasteiger partial charge on any atom is -0.379 e. The fraction of sp³-hybridized carbons (Fsp3) is 0.909. The van der Waals surface area contributed by atoms with Crippen molar-refractivity contribution in [2.24, 2.45) is 11.7 Å². The van der Waals surface area contributed by atoms with Crippen LogP contribution in [0.2, 0.25) is 0 Å². The summed E-state index contributed by atoms with van der Waals surface area (Å²) in [7, 11) is 0. The molecule has 0 saturated carbocycles. The molecular formula is C11H20N2O2S. The first kappa shape index (κ1) is 12.2. The van der Waals surface area contributed by atoms with Crippen molar-refractivity contribution in [3.05, 3.63) is 0 Å². The zero-order valence-corrected chi connectivity index (χ0v) is 10.3. The second-order valence-corrected chi connectivity index (χ2v) is 5.95. The van der Waals surface area contributed by atoms with Gasteiger partial charge in [0.15, 0.2) is 0 Å². The van der Waals surface area contributed by atoms with E-state index in [0.717, 1.165) is 6.54 Å². The predicted molar refractivity (Wildman–Crippen MR) is 65.4 cm³/mol. The number of thioether (sulfide) groups is 1. The van der Waals surface area contributed by atoms with Gasteiger partial charge in [-0.1, -0.05) is 6.42 Å². The molecule has 0 bridgehead atoms. The molecule has 92 valence electrons. The van der Waals surface area contributed by atoms with E-state index in [0.29, 0.717) is 18.5 Å². The third kappa shape index (κ3) is 3.12. The van der Waals surface area contributed by atoms with E-state index in [9.17, 15) is 4.79 Å². The van der Waals surface area contributed by atoms with Crippen LogP contribution in [0.4, 0.5) is 0 Å². The SMILES string of the molecule is NC1COCC1C(=O)NCC1CCCCS1. The van der Waals surface area contributed by atoms with Gasteiger partial charge >= 0.3 is 0 Å². The summed E-state index contributed by atoms with van der Waals surface area (Å²) in [5, 5.41) is 3.60. The number of hydrogen-bond donors (Lipinski definition) is 2. The Labute approximate surface area is 101 Å². The van der Waals surface area contributed by atoms with Crippen LogP contribution >= 0.6 is 11.8 Å². The molecule has 0 aromatic carbocycles. The summed E-state index contributed by atoms with van der Waals surface area (Å²) >= 11 is 1.97. The Kier molecular flexibility index (Phi) is 4.49. The van der Waals surface area contributed by atoms with Crippen LogP contribution in [0.1, 0.15) is 19.3 Å². The number of amides is 1. The second-order valence-electron chi connectivity index (χ2n) is 4.54. The first-order valence-electron chi connectivity index (χ1n) is 6.00. The number of carbonyl (C=O) groups is 1. The van der Waals surface area contributed by atoms with Gasteiger partial charge in [-0.3, -0.25) is 4.79 Å². The first-order valence-corrected chi connectivity index (χ1v) is 7.05. The summed E-state index contributed by atoms with van der Waals surface area (Å²) in [5.74, 6) is 1.15. The minimum atomic E-state index is -0.145. The van der Waals surface area contributed by atoms with Crippen molar-refractivity contribution in [3.8, 4) is 0 Å². The van der Waals surface area contributed by atoms with Crippen molar-refractivity contribution in [3.63, 3.8) is 0 Å². The third-order valence-electron chi connectivity index (χ3n) is 3.24. The molecule has 2 fully saturated rings. The monoisotopic (exact) mass is 244 g/mol. The Morgan fingerprint density at radius 1 is 1.44 bits per heavy atom. The highest BCUT2D eigenvalue weighted by molar-refractivity contribution is 7.99. The second kappa shape index (κ2) is 5.89. The molecule has 3 N–H and O–H groups in total. The van der Waals surface area contributed by atoms with Crippen molar-refractivity contribution >= 4 is 17.7 Å². The van der Waals surface area contributed by atoms with Crippen LogP contribution in [0.3, 0.4) is 0 Å². The molecule has 0 spiro atoms. The average molecular weight is 244 g/mol. The van der Waals surface area contributed by atoms with Gasteiger partial charge < -0.3 is 15.8 Å². The lowest BCUT2D eigenvalue weighted by Crippen LogP contribution is -2.43. The summed E-state index contributed by atoms with van der Waals surface area (Å²) in [6.07, 6.45) is 3.83. The molecule has 2 rings (SSSR count). The Morgan fingerprint density at radius 2 is 2.31 bits per heavy atom. The van der Waals surface area contributed by atoms with Gasteiger partial charge in [-0.25, -0.2) is 0 Å². The van der Waals surface area contributed by atoms with Gasteiger partial charge in [0.2, 0.25) is 5.91 Å². The predicted octanol–water partition coefficient (Wildman–Crippen LogP) is 0.362. The van der Waals surface area contributed by atoms with Crippen LogP contribution < -0.4 is 11.1 Å². The Balaban J connectivity index is 1.70. The molecule has 2 aliphatic heterocycles. The molecular weight excluding hydrogens is 224 g/mol. The summed E-state index contributed by atoms with van der Waals surface area (Å²) in [4.78, 5) is 11.8. The van der Waals surface area contributed by atoms with E-state index in [4.69, 9.17) is 10.5 Å². The van der Waals surface area contributed by atoms with Gasteiger partial charge in [0.05, 0.1) is 19.1 Å². The van der Waals surface area contributed by atoms with Gasteiger partial charge in [-0.05, 0) is 18.6 Å². The van der Waals surface area contributed by atoms with Crippen LogP contribution in [-0.4, -0.2) is 42.7 Å². The van der Waals surface area contributed by atoms with E-state index in [1.807, 2.05) is 11.8 Å². The van der Waals surface area contributed by atoms with Gasteiger partial charge in [-0.15, -0.1) is 0 Å². The van der Waals surface area contributed by atoms with E-state index >= 15 is 0 Å². The molecule has 0 aromatic rings. The number of carbonyl (C=O) groups excluding carboxylic acids is 1. The van der Waals surface area contributed by atoms with Gasteiger partial charge in [0, 0.05) is 17.8 Å². The quantitative estimate of drug-likeness (QED) is 0.752. The smallest absolute Gasteiger partial charge is 0.227 e. The molecule has 16 heavy (non-hydrogen) atoms. The van der Waals surface area contributed by atoms with E-state index in [1.165, 1.54) is 25.0 Å². The molecule has 2 saturated heterocycles. The maximum atomic E-state index is 11.8. The number of ether oxygens (including phenoxy) is 1. The van der Waals surface area contributed by atoms with Crippen LogP contribution in [0.25, 0.3) is 0 Å². The maximum absolute atomic E-state index is 11.8. The van der Waals surface area contributed by atoms with Crippen LogP contribution in [0.15, 0.2) is 0 Å². The zero-order chi connectivity index (χ0) is 11.4. The molecule has 2 heterocycles. The van der Waals surface area contributed by atoms with Gasteiger partial charge in [0.1, 0.15) is 0 Å². The largest absolute Gasteiger partial charge is 0.379 e. The molecule has 0 aromatic heterocycles. The molecule has 3 atom stereocenters. The van der Waals surface area contributed by atoms with Gasteiger partial charge in [-0.2, -0.15) is 11.8 Å². The third-order valence-corrected chi connectivity index (χ3v) is 4.64. The fourth-order valence-corrected chi connectivity index (χ4v) is 3.39. The lowest BCUT2D eigenvalue weighted by Gasteiger charge is -2.22. The summed E-state index contributed by atoms with van der Waals surface area (Å²) in [6, 6.07) is -0.126. The number of hydrogen-bond acceptors (Lipinski definition) is 4. The van der Waals surface area contributed by atoms with Crippen LogP contribution in [0.5, 0.6) is 0 Å². The molecule has 0 aliphatic carbocycles. The van der Waals surface area contributed by atoms with Crippen molar-refractivity contribution in [1.29, 1.82) is 0 Å². The Morgan fingerprint density at radius 3 is 2.94 bits per heavy atom. The molecule has 3 unspecified atom stereocenters. The normalized spacial score (nSPS) is 34.9. The zero-order valence-electron chi connectivity index (χ0n) is 9.48. The molecule has 1 amide bonds. The van der Waals surface area contributed by atoms with Crippen LogP contribution in [0, 0.1) is 5.92 Å². The summed E-state index contributed by atoms with van der Waals surface area (Å²) in [6.45, 7) is 1.77. The van der Waals surface area contributed by atoms with E-state index in [-0.39, 0.29) is 17.9 Å². The first-order chi connectivity index (χ1) is 7.77. The lowest BCUT2D eigenvalue weighted by atomic mass is 10.0. The van der Waals surface area contributed by atoms with Crippen molar-refractivity contribution in [2.45, 2.75) is 30.6 Å². The van der Waals surface area contributed by atoms with E-state index in [2.05, 4.69) is 5.32 Å². The summed E-state index contributed by atoms with van der Waals surface area (Å²) in [5.41, 5.74) is 5.80. The number of rotatable bonds is 3. The topological polar surface area (TPSA) is 64.3 Å². The Bertz CT molecular complexity index is 244. The number of nitrogens with one attached hydrogen (secondary N) is 1. The highest BCUT2D eigenvalue weighted by Crippen LogP contribution is 2.24. The number of nitrogens with two attached hydrogens (primary N) is 1. The van der Waals surface area contributed by atoms with Crippen molar-refractivity contribution in [1.82, 2.24) is 5.32 Å². The lowest BCUT2D eigenvalue weighted by molar-refractivity contribution is -0.125. The molecule has 5 heteroatoms. The molecule has 2 aliphatic rings. The Hall–Kier alpha value is -0.260. The highest BCUT2D eigenvalue weighted by atomic mass is 32.2. The van der Waals surface area contributed by atoms with Crippen molar-refractivity contribution in [2.75, 3.05) is 25.5 Å². The fourth-order valence-electron chi connectivity index (χ4n) is 2.15. The maximum Gasteiger partial charge on any atom is 0.227 e. The van der Waals surface area contributed by atoms with E-state index in [1.54, 1.807) is 0 Å². The van der Waals surface area contributed by atoms with Gasteiger partial charge in [0.25, 0.3) is 0 Å². The average Bonchev–Trinajstić information content (AvgIpc) is 2.74. The van der Waals surface area contributed by atoms with Crippen molar-refractivity contribution < 1.29 is 9.53 Å². The minimum absolute atomic E-state index is 0.0659. The summed E-state index contributed by atoms with van der Waals surface area (Å²) < 4.78 is 5.19. The molecule has 0 radical (unpaired) electrons. The standard InChI is InChI=1S/C11H20N2O2S/c12-10-7-15-6-9(10)11(14)13-5-8-3-1-2-4-16-8/h8-10H,1-7,12H2,(H,13,14). The van der Waals surface area contributed by atoms with E-state index < -0.39 is 0 Å². The highest BCUT2D eigenvalue weighted by Gasteiger charge is 2.31. The van der Waals surface area contributed by atoms with Crippen LogP contribution in [-0.2, 0) is 9.53 Å².